The van der Waals surface area contributed by atoms with Crippen molar-refractivity contribution in [2.75, 3.05) is 44.7 Å². The number of urea groups is 1. The highest BCUT2D eigenvalue weighted by Gasteiger charge is 2.38. The van der Waals surface area contributed by atoms with Crippen LogP contribution in [-0.4, -0.2) is 72.5 Å². The highest BCUT2D eigenvalue weighted by molar-refractivity contribution is 6.31. The minimum atomic E-state index is -0.660. The van der Waals surface area contributed by atoms with Crippen LogP contribution in [0.1, 0.15) is 0 Å². The Morgan fingerprint density at radius 1 is 1.35 bits per heavy atom. The minimum Gasteiger partial charge on any atom is -0.390 e. The number of rotatable bonds is 2. The van der Waals surface area contributed by atoms with E-state index in [1.54, 1.807) is 6.07 Å². The average molecular weight is 344 g/mol. The fourth-order valence-corrected chi connectivity index (χ4v) is 3.17. The van der Waals surface area contributed by atoms with Gasteiger partial charge in [-0.05, 0) is 12.1 Å². The third-order valence-corrected chi connectivity index (χ3v) is 4.55. The van der Waals surface area contributed by atoms with Crippen molar-refractivity contribution in [2.24, 2.45) is 0 Å². The summed E-state index contributed by atoms with van der Waals surface area (Å²) in [6.45, 7) is 3.34. The number of hydrogen-bond donors (Lipinski definition) is 2. The summed E-state index contributed by atoms with van der Waals surface area (Å²) in [6.07, 6.45) is -0.622. The highest BCUT2D eigenvalue weighted by Crippen LogP contribution is 2.23. The smallest absolute Gasteiger partial charge is 0.322 e. The maximum absolute atomic E-state index is 13.9. The van der Waals surface area contributed by atoms with Crippen molar-refractivity contribution < 1.29 is 19.0 Å². The monoisotopic (exact) mass is 343 g/mol. The Morgan fingerprint density at radius 2 is 2.09 bits per heavy atom. The normalized spacial score (nSPS) is 25.6. The van der Waals surface area contributed by atoms with E-state index in [-0.39, 0.29) is 23.3 Å². The molecule has 23 heavy (non-hydrogen) atoms. The molecule has 2 heterocycles. The fraction of sp³-hybridized carbons (Fsp3) is 0.533. The summed E-state index contributed by atoms with van der Waals surface area (Å²) in [5, 5.41) is 12.7. The number of morpholine rings is 1. The molecule has 8 heteroatoms. The summed E-state index contributed by atoms with van der Waals surface area (Å²) in [4.78, 5) is 15.9. The molecule has 0 saturated carbocycles. The van der Waals surface area contributed by atoms with Crippen LogP contribution < -0.4 is 5.32 Å². The molecule has 2 saturated heterocycles. The van der Waals surface area contributed by atoms with Gasteiger partial charge in [0.15, 0.2) is 5.82 Å². The number of amides is 2. The number of carbonyl (C=O) groups is 1. The Bertz CT molecular complexity index is 583. The van der Waals surface area contributed by atoms with Crippen LogP contribution in [0.5, 0.6) is 0 Å². The van der Waals surface area contributed by atoms with E-state index >= 15 is 0 Å². The number of aliphatic hydroxyl groups excluding tert-OH is 1. The number of nitrogens with zero attached hydrogens (tertiary/aromatic N) is 2. The number of β-amino-alcohol motifs (C(OH)–C–C–N with tert-alkyl or cyclic N) is 1. The summed E-state index contributed by atoms with van der Waals surface area (Å²) in [6, 6.07) is 3.87. The fourth-order valence-electron chi connectivity index (χ4n) is 3.00. The van der Waals surface area contributed by atoms with Crippen LogP contribution in [0, 0.1) is 5.82 Å². The molecule has 2 fully saturated rings. The van der Waals surface area contributed by atoms with E-state index in [2.05, 4.69) is 10.2 Å². The molecular formula is C15H19ClFN3O3. The number of anilines is 1. The number of aliphatic hydroxyl groups is 1. The van der Waals surface area contributed by atoms with E-state index < -0.39 is 18.0 Å². The van der Waals surface area contributed by atoms with Crippen molar-refractivity contribution in [3.8, 4) is 0 Å². The molecule has 1 aromatic carbocycles. The number of benzene rings is 1. The van der Waals surface area contributed by atoms with Crippen LogP contribution in [0.15, 0.2) is 18.2 Å². The van der Waals surface area contributed by atoms with Crippen molar-refractivity contribution in [1.29, 1.82) is 0 Å². The molecule has 6 nitrogen and oxygen atoms in total. The Morgan fingerprint density at radius 3 is 2.83 bits per heavy atom. The van der Waals surface area contributed by atoms with Gasteiger partial charge in [0.25, 0.3) is 0 Å². The third kappa shape index (κ3) is 3.58. The molecule has 3 rings (SSSR count). The topological polar surface area (TPSA) is 65.0 Å². The van der Waals surface area contributed by atoms with Gasteiger partial charge in [-0.15, -0.1) is 0 Å². The summed E-state index contributed by atoms with van der Waals surface area (Å²) in [5.41, 5.74) is 0.0341. The van der Waals surface area contributed by atoms with E-state index in [1.807, 2.05) is 0 Å². The number of carbonyl (C=O) groups excluding carboxylic acids is 1. The SMILES string of the molecule is O=C(Nc1cccc(Cl)c1F)N1C[C@H](O)[C@@H](N2CCOCC2)C1. The Kier molecular flexibility index (Phi) is 5.01. The molecule has 2 aliphatic rings. The Hall–Kier alpha value is -1.41. The van der Waals surface area contributed by atoms with E-state index in [4.69, 9.17) is 16.3 Å². The molecule has 0 unspecified atom stereocenters. The van der Waals surface area contributed by atoms with Gasteiger partial charge in [0, 0.05) is 19.6 Å². The lowest BCUT2D eigenvalue weighted by molar-refractivity contribution is -0.00607. The van der Waals surface area contributed by atoms with Crippen molar-refractivity contribution >= 4 is 23.3 Å². The molecule has 0 aromatic heterocycles. The van der Waals surface area contributed by atoms with Crippen molar-refractivity contribution in [3.05, 3.63) is 29.0 Å². The van der Waals surface area contributed by atoms with Gasteiger partial charge < -0.3 is 20.1 Å². The molecule has 126 valence electrons. The molecule has 0 aliphatic carbocycles. The second-order valence-electron chi connectivity index (χ2n) is 5.72. The molecular weight excluding hydrogens is 325 g/mol. The van der Waals surface area contributed by atoms with Crippen LogP contribution in [0.25, 0.3) is 0 Å². The number of nitrogens with one attached hydrogen (secondary N) is 1. The van der Waals surface area contributed by atoms with Crippen molar-refractivity contribution in [1.82, 2.24) is 9.80 Å². The van der Waals surface area contributed by atoms with E-state index in [0.29, 0.717) is 19.8 Å². The predicted molar refractivity (Wildman–Crippen MR) is 84.2 cm³/mol. The molecule has 0 radical (unpaired) electrons. The van der Waals surface area contributed by atoms with E-state index in [0.717, 1.165) is 13.1 Å². The highest BCUT2D eigenvalue weighted by atomic mass is 35.5. The number of halogens is 2. The first-order chi connectivity index (χ1) is 11.1. The third-order valence-electron chi connectivity index (χ3n) is 4.25. The predicted octanol–water partition coefficient (Wildman–Crippen LogP) is 1.39. The van der Waals surface area contributed by atoms with Gasteiger partial charge in [0.1, 0.15) is 0 Å². The van der Waals surface area contributed by atoms with Gasteiger partial charge in [-0.25, -0.2) is 9.18 Å². The lowest BCUT2D eigenvalue weighted by Gasteiger charge is -2.33. The van der Waals surface area contributed by atoms with Gasteiger partial charge in [0.05, 0.1) is 42.6 Å². The second kappa shape index (κ2) is 7.00. The van der Waals surface area contributed by atoms with E-state index in [1.165, 1.54) is 17.0 Å². The van der Waals surface area contributed by atoms with Crippen LogP contribution in [0.3, 0.4) is 0 Å². The van der Waals surface area contributed by atoms with Crippen LogP contribution in [0.4, 0.5) is 14.9 Å². The largest absolute Gasteiger partial charge is 0.390 e. The number of hydrogen-bond acceptors (Lipinski definition) is 4. The van der Waals surface area contributed by atoms with Crippen LogP contribution in [0.2, 0.25) is 5.02 Å². The first-order valence-corrected chi connectivity index (χ1v) is 7.94. The molecule has 0 bridgehead atoms. The summed E-state index contributed by atoms with van der Waals surface area (Å²) in [7, 11) is 0. The average Bonchev–Trinajstić information content (AvgIpc) is 2.95. The first-order valence-electron chi connectivity index (χ1n) is 7.56. The van der Waals surface area contributed by atoms with Gasteiger partial charge in [0.2, 0.25) is 0 Å². The molecule has 2 N–H and O–H groups in total. The van der Waals surface area contributed by atoms with Gasteiger partial charge >= 0.3 is 6.03 Å². The molecule has 2 atom stereocenters. The zero-order valence-corrected chi connectivity index (χ0v) is 13.3. The molecule has 2 aliphatic heterocycles. The maximum atomic E-state index is 13.9. The summed E-state index contributed by atoms with van der Waals surface area (Å²) < 4.78 is 19.2. The molecule has 1 aromatic rings. The van der Waals surface area contributed by atoms with Crippen LogP contribution in [-0.2, 0) is 4.74 Å². The number of ether oxygens (including phenoxy) is 1. The van der Waals surface area contributed by atoms with Gasteiger partial charge in [-0.1, -0.05) is 17.7 Å². The Balaban J connectivity index is 1.63. The second-order valence-corrected chi connectivity index (χ2v) is 6.13. The van der Waals surface area contributed by atoms with E-state index in [9.17, 15) is 14.3 Å². The maximum Gasteiger partial charge on any atom is 0.322 e. The quantitative estimate of drug-likeness (QED) is 0.851. The van der Waals surface area contributed by atoms with Crippen LogP contribution >= 0.6 is 11.6 Å². The standard InChI is InChI=1S/C15H19ClFN3O3/c16-10-2-1-3-11(14(10)17)18-15(22)20-8-12(13(21)9-20)19-4-6-23-7-5-19/h1-3,12-13,21H,4-9H2,(H,18,22)/t12-,13-/m0/s1. The summed E-state index contributed by atoms with van der Waals surface area (Å²) >= 11 is 5.71. The molecule has 0 spiro atoms. The summed E-state index contributed by atoms with van der Waals surface area (Å²) in [5.74, 6) is -0.660. The van der Waals surface area contributed by atoms with Gasteiger partial charge in [-0.2, -0.15) is 0 Å². The molecule has 2 amide bonds. The Labute approximate surface area is 138 Å². The lowest BCUT2D eigenvalue weighted by Crippen LogP contribution is -2.49. The minimum absolute atomic E-state index is 0.0341. The van der Waals surface area contributed by atoms with Crippen molar-refractivity contribution in [3.63, 3.8) is 0 Å². The van der Waals surface area contributed by atoms with Gasteiger partial charge in [-0.3, -0.25) is 4.90 Å². The lowest BCUT2D eigenvalue weighted by atomic mass is 10.2. The number of likely N-dealkylation sites (tertiary alicyclic amines) is 1. The zero-order valence-electron chi connectivity index (χ0n) is 12.5. The zero-order chi connectivity index (χ0) is 16.4. The first kappa shape index (κ1) is 16.4. The van der Waals surface area contributed by atoms with Crippen molar-refractivity contribution in [2.45, 2.75) is 12.1 Å².